The highest BCUT2D eigenvalue weighted by Crippen LogP contribution is 2.33. The molecule has 4 aromatic rings. The van der Waals surface area contributed by atoms with E-state index in [2.05, 4.69) is 15.3 Å². The van der Waals surface area contributed by atoms with E-state index < -0.39 is 36.3 Å². The normalized spacial score (nSPS) is 13.9. The molecular weight excluding hydrogens is 620 g/mol. The van der Waals surface area contributed by atoms with E-state index in [0.717, 1.165) is 17.7 Å². The molecule has 0 radical (unpaired) electrons. The number of halogens is 6. The van der Waals surface area contributed by atoms with Crippen molar-refractivity contribution in [3.05, 3.63) is 83.8 Å². The summed E-state index contributed by atoms with van der Waals surface area (Å²) in [5, 5.41) is 13.5. The van der Waals surface area contributed by atoms with Crippen molar-refractivity contribution in [3.8, 4) is 22.6 Å². The standard InChI is InChI=1S/C30H27F6N7O3/c1-2-46-24-5-3-4-19(14-24)21-16-38-43(17-21)23-13-20(12-22(15-23)30(34,35)36)28(45)42-10-8-41(9-11-42)26-7-6-25(39-40-26)27(44)37-18-29(31,32)33/h3-7,12-17H,2,8-11,18H2,1H3,(H,37,44). The van der Waals surface area contributed by atoms with Gasteiger partial charge >= 0.3 is 12.4 Å². The number of rotatable bonds is 8. The van der Waals surface area contributed by atoms with Gasteiger partial charge in [-0.2, -0.15) is 31.4 Å². The predicted molar refractivity (Wildman–Crippen MR) is 154 cm³/mol. The van der Waals surface area contributed by atoms with Crippen LogP contribution in [-0.4, -0.2) is 82.2 Å². The highest BCUT2D eigenvalue weighted by molar-refractivity contribution is 5.95. The largest absolute Gasteiger partial charge is 0.494 e. The topological polar surface area (TPSA) is 105 Å². The summed E-state index contributed by atoms with van der Waals surface area (Å²) in [4.78, 5) is 28.5. The van der Waals surface area contributed by atoms with E-state index in [0.29, 0.717) is 23.7 Å². The minimum atomic E-state index is -4.72. The van der Waals surface area contributed by atoms with Crippen molar-refractivity contribution in [1.29, 1.82) is 0 Å². The second kappa shape index (κ2) is 13.1. The van der Waals surface area contributed by atoms with Crippen molar-refractivity contribution >= 4 is 17.6 Å². The number of aromatic nitrogens is 4. The zero-order valence-corrected chi connectivity index (χ0v) is 24.3. The number of amides is 2. The van der Waals surface area contributed by atoms with E-state index in [1.165, 1.54) is 34.0 Å². The SMILES string of the molecule is CCOc1cccc(-c2cnn(-c3cc(C(=O)N4CCN(c5ccc(C(=O)NCC(F)(F)F)nn5)CC4)cc(C(F)(F)F)c3)c2)c1. The van der Waals surface area contributed by atoms with Gasteiger partial charge in [-0.15, -0.1) is 10.2 Å². The molecule has 0 aliphatic carbocycles. The number of nitrogens with zero attached hydrogens (tertiary/aromatic N) is 6. The van der Waals surface area contributed by atoms with E-state index in [1.807, 2.05) is 13.0 Å². The lowest BCUT2D eigenvalue weighted by Gasteiger charge is -2.35. The molecule has 3 heterocycles. The molecule has 242 valence electrons. The van der Waals surface area contributed by atoms with E-state index >= 15 is 0 Å². The Morgan fingerprint density at radius 3 is 2.33 bits per heavy atom. The van der Waals surface area contributed by atoms with Gasteiger partial charge in [0, 0.05) is 43.5 Å². The number of piperazine rings is 1. The molecule has 0 unspecified atom stereocenters. The van der Waals surface area contributed by atoms with Gasteiger partial charge in [0.25, 0.3) is 11.8 Å². The first-order valence-corrected chi connectivity index (χ1v) is 14.0. The van der Waals surface area contributed by atoms with Crippen LogP contribution in [0.1, 0.15) is 33.3 Å². The number of nitrogens with one attached hydrogen (secondary N) is 1. The minimum Gasteiger partial charge on any atom is -0.494 e. The molecule has 5 rings (SSSR count). The van der Waals surface area contributed by atoms with Crippen molar-refractivity contribution in [1.82, 2.24) is 30.2 Å². The molecular formula is C30H27F6N7O3. The number of benzene rings is 2. The molecule has 1 aliphatic heterocycles. The van der Waals surface area contributed by atoms with Gasteiger partial charge < -0.3 is 19.9 Å². The third kappa shape index (κ3) is 7.73. The number of carbonyl (C=O) groups is 2. The molecule has 16 heteroatoms. The summed E-state index contributed by atoms with van der Waals surface area (Å²) in [7, 11) is 0. The van der Waals surface area contributed by atoms with Crippen molar-refractivity contribution in [2.45, 2.75) is 19.3 Å². The molecule has 2 amide bonds. The Kier molecular flexibility index (Phi) is 9.16. The van der Waals surface area contributed by atoms with Gasteiger partial charge in [0.15, 0.2) is 11.5 Å². The third-order valence-electron chi connectivity index (χ3n) is 7.04. The van der Waals surface area contributed by atoms with E-state index in [-0.39, 0.29) is 43.1 Å². The van der Waals surface area contributed by atoms with Crippen LogP contribution in [0.15, 0.2) is 67.0 Å². The van der Waals surface area contributed by atoms with Crippen LogP contribution in [0.4, 0.5) is 32.2 Å². The van der Waals surface area contributed by atoms with Gasteiger partial charge in [-0.05, 0) is 55.0 Å². The van der Waals surface area contributed by atoms with Crippen LogP contribution in [0.5, 0.6) is 5.75 Å². The summed E-state index contributed by atoms with van der Waals surface area (Å²) < 4.78 is 85.6. The molecule has 46 heavy (non-hydrogen) atoms. The summed E-state index contributed by atoms with van der Waals surface area (Å²) in [6, 6.07) is 12.9. The fourth-order valence-corrected chi connectivity index (χ4v) is 4.78. The first kappa shape index (κ1) is 32.2. The molecule has 0 atom stereocenters. The quantitative estimate of drug-likeness (QED) is 0.269. The van der Waals surface area contributed by atoms with Crippen LogP contribution >= 0.6 is 0 Å². The summed E-state index contributed by atoms with van der Waals surface area (Å²) in [5.74, 6) is -0.681. The number of alkyl halides is 6. The lowest BCUT2D eigenvalue weighted by Crippen LogP contribution is -2.49. The zero-order chi connectivity index (χ0) is 33.1. The van der Waals surface area contributed by atoms with Crippen LogP contribution in [0, 0.1) is 0 Å². The number of anilines is 1. The molecule has 1 aliphatic rings. The van der Waals surface area contributed by atoms with Gasteiger partial charge in [-0.3, -0.25) is 9.59 Å². The van der Waals surface area contributed by atoms with E-state index in [9.17, 15) is 35.9 Å². The monoisotopic (exact) mass is 647 g/mol. The molecule has 0 spiro atoms. The predicted octanol–water partition coefficient (Wildman–Crippen LogP) is 5.00. The van der Waals surface area contributed by atoms with Gasteiger partial charge in [0.2, 0.25) is 0 Å². The second-order valence-electron chi connectivity index (χ2n) is 10.3. The molecule has 1 saturated heterocycles. The minimum absolute atomic E-state index is 0.0543. The first-order valence-electron chi connectivity index (χ1n) is 14.0. The number of ether oxygens (including phenoxy) is 1. The Morgan fingerprint density at radius 1 is 0.913 bits per heavy atom. The highest BCUT2D eigenvalue weighted by atomic mass is 19.4. The lowest BCUT2D eigenvalue weighted by molar-refractivity contribution is -0.137. The highest BCUT2D eigenvalue weighted by Gasteiger charge is 2.33. The summed E-state index contributed by atoms with van der Waals surface area (Å²) in [5.41, 5.74) is -0.0210. The van der Waals surface area contributed by atoms with Crippen LogP contribution < -0.4 is 15.0 Å². The molecule has 10 nitrogen and oxygen atoms in total. The van der Waals surface area contributed by atoms with Crippen LogP contribution in [0.25, 0.3) is 16.8 Å². The van der Waals surface area contributed by atoms with Crippen LogP contribution in [-0.2, 0) is 6.18 Å². The fourth-order valence-electron chi connectivity index (χ4n) is 4.78. The number of hydrogen-bond acceptors (Lipinski definition) is 7. The second-order valence-corrected chi connectivity index (χ2v) is 10.3. The van der Waals surface area contributed by atoms with Crippen molar-refractivity contribution in [3.63, 3.8) is 0 Å². The molecule has 0 bridgehead atoms. The smallest absolute Gasteiger partial charge is 0.416 e. The average Bonchev–Trinajstić information content (AvgIpc) is 3.54. The Hall–Kier alpha value is -5.15. The summed E-state index contributed by atoms with van der Waals surface area (Å²) in [6.45, 7) is 1.58. The Bertz CT molecular complexity index is 1700. The molecule has 0 saturated carbocycles. The van der Waals surface area contributed by atoms with Gasteiger partial charge in [-0.1, -0.05) is 12.1 Å². The number of hydrogen-bond donors (Lipinski definition) is 1. The van der Waals surface area contributed by atoms with Crippen molar-refractivity contribution < 1.29 is 40.7 Å². The fraction of sp³-hybridized carbons (Fsp3) is 0.300. The first-order chi connectivity index (χ1) is 21.8. The van der Waals surface area contributed by atoms with Gasteiger partial charge in [0.05, 0.1) is 24.1 Å². The Morgan fingerprint density at radius 2 is 1.67 bits per heavy atom. The van der Waals surface area contributed by atoms with Gasteiger partial charge in [0.1, 0.15) is 12.3 Å². The van der Waals surface area contributed by atoms with E-state index in [1.54, 1.807) is 34.6 Å². The average molecular weight is 648 g/mol. The maximum atomic E-state index is 13.9. The molecule has 1 fully saturated rings. The van der Waals surface area contributed by atoms with Crippen molar-refractivity contribution in [2.75, 3.05) is 44.2 Å². The maximum absolute atomic E-state index is 13.9. The Labute approximate surface area is 258 Å². The molecule has 2 aromatic carbocycles. The molecule has 2 aromatic heterocycles. The summed E-state index contributed by atoms with van der Waals surface area (Å²) in [6.07, 6.45) is -6.22. The van der Waals surface area contributed by atoms with Crippen molar-refractivity contribution in [2.24, 2.45) is 0 Å². The maximum Gasteiger partial charge on any atom is 0.416 e. The third-order valence-corrected chi connectivity index (χ3v) is 7.04. The lowest BCUT2D eigenvalue weighted by atomic mass is 10.1. The zero-order valence-electron chi connectivity index (χ0n) is 24.3. The molecule has 1 N–H and O–H groups in total. The number of carbonyl (C=O) groups excluding carboxylic acids is 2. The Balaban J connectivity index is 1.29. The van der Waals surface area contributed by atoms with Crippen LogP contribution in [0.3, 0.4) is 0 Å². The van der Waals surface area contributed by atoms with Gasteiger partial charge in [-0.25, -0.2) is 4.68 Å². The van der Waals surface area contributed by atoms with E-state index in [4.69, 9.17) is 4.74 Å². The van der Waals surface area contributed by atoms with Crippen LogP contribution in [0.2, 0.25) is 0 Å². The summed E-state index contributed by atoms with van der Waals surface area (Å²) >= 11 is 0.